The van der Waals surface area contributed by atoms with Crippen LogP contribution in [0.2, 0.25) is 0 Å². The molecule has 19 heavy (non-hydrogen) atoms. The van der Waals surface area contributed by atoms with Crippen molar-refractivity contribution in [2.24, 2.45) is 5.92 Å². The van der Waals surface area contributed by atoms with Gasteiger partial charge in [-0.05, 0) is 44.7 Å². The lowest BCUT2D eigenvalue weighted by atomic mass is 9.82. The smallest absolute Gasteiger partial charge is 0.407 e. The quantitative estimate of drug-likeness (QED) is 0.853. The van der Waals surface area contributed by atoms with E-state index in [9.17, 15) is 4.79 Å². The van der Waals surface area contributed by atoms with Gasteiger partial charge in [-0.25, -0.2) is 4.79 Å². The topological polar surface area (TPSA) is 41.6 Å². The van der Waals surface area contributed by atoms with Crippen molar-refractivity contribution in [3.8, 4) is 0 Å². The second-order valence-electron chi connectivity index (χ2n) is 6.37. The highest BCUT2D eigenvalue weighted by Crippen LogP contribution is 2.31. The molecule has 0 radical (unpaired) electrons. The summed E-state index contributed by atoms with van der Waals surface area (Å²) in [5, 5.41) is 3.08. The van der Waals surface area contributed by atoms with Crippen LogP contribution in [-0.4, -0.2) is 42.8 Å². The molecule has 0 aromatic carbocycles. The summed E-state index contributed by atoms with van der Waals surface area (Å²) in [5.41, 5.74) is 0. The number of ether oxygens (including phenoxy) is 1. The highest BCUT2D eigenvalue weighted by molar-refractivity contribution is 5.70. The summed E-state index contributed by atoms with van der Waals surface area (Å²) >= 11 is 0. The van der Waals surface area contributed by atoms with E-state index in [1.165, 1.54) is 64.5 Å². The van der Waals surface area contributed by atoms with Gasteiger partial charge in [0.05, 0.1) is 6.04 Å². The third-order valence-electron chi connectivity index (χ3n) is 4.99. The Hall–Kier alpha value is -0.770. The van der Waals surface area contributed by atoms with Crippen molar-refractivity contribution in [1.82, 2.24) is 10.2 Å². The van der Waals surface area contributed by atoms with Crippen LogP contribution in [0.3, 0.4) is 0 Å². The molecule has 1 saturated carbocycles. The first-order valence-electron chi connectivity index (χ1n) is 8.02. The number of cyclic esters (lactones) is 1. The second-order valence-corrected chi connectivity index (χ2v) is 6.37. The Morgan fingerprint density at radius 2 is 1.74 bits per heavy atom. The number of amides is 1. The van der Waals surface area contributed by atoms with Crippen molar-refractivity contribution in [3.05, 3.63) is 0 Å². The molecule has 2 aliphatic heterocycles. The minimum Gasteiger partial charge on any atom is -0.443 e. The maximum atomic E-state index is 11.6. The van der Waals surface area contributed by atoms with Gasteiger partial charge in [0.2, 0.25) is 0 Å². The zero-order chi connectivity index (χ0) is 13.1. The van der Waals surface area contributed by atoms with Gasteiger partial charge < -0.3 is 10.1 Å². The van der Waals surface area contributed by atoms with Gasteiger partial charge in [0.1, 0.15) is 6.10 Å². The molecule has 4 nitrogen and oxygen atoms in total. The van der Waals surface area contributed by atoms with E-state index in [2.05, 4.69) is 10.2 Å². The van der Waals surface area contributed by atoms with Gasteiger partial charge in [-0.1, -0.05) is 25.7 Å². The predicted octanol–water partition coefficient (Wildman–Crippen LogP) is 2.53. The molecule has 1 amide bonds. The van der Waals surface area contributed by atoms with Gasteiger partial charge in [-0.2, -0.15) is 0 Å². The van der Waals surface area contributed by atoms with Crippen LogP contribution in [0.5, 0.6) is 0 Å². The number of carbonyl (C=O) groups is 1. The molecule has 0 unspecified atom stereocenters. The molecular weight excluding hydrogens is 240 g/mol. The summed E-state index contributed by atoms with van der Waals surface area (Å²) in [6, 6.07) is 0.259. The molecule has 3 rings (SSSR count). The first-order chi connectivity index (χ1) is 9.33. The third-order valence-corrected chi connectivity index (χ3v) is 4.99. The fraction of sp³-hybridized carbons (Fsp3) is 0.933. The van der Waals surface area contributed by atoms with E-state index in [-0.39, 0.29) is 18.2 Å². The van der Waals surface area contributed by atoms with E-state index in [0.717, 1.165) is 6.54 Å². The molecule has 0 bridgehead atoms. The lowest BCUT2D eigenvalue weighted by molar-refractivity contribution is 0.0747. The molecular formula is C15H26N2O2. The monoisotopic (exact) mass is 266 g/mol. The van der Waals surface area contributed by atoms with Crippen molar-refractivity contribution in [2.45, 2.75) is 63.5 Å². The largest absolute Gasteiger partial charge is 0.443 e. The highest BCUT2D eigenvalue weighted by atomic mass is 16.6. The summed E-state index contributed by atoms with van der Waals surface area (Å²) < 4.78 is 5.54. The van der Waals surface area contributed by atoms with Gasteiger partial charge in [0, 0.05) is 6.54 Å². The lowest BCUT2D eigenvalue weighted by Gasteiger charge is -2.33. The first-order valence-corrected chi connectivity index (χ1v) is 8.02. The van der Waals surface area contributed by atoms with E-state index in [1.807, 2.05) is 0 Å². The molecule has 0 aromatic heterocycles. The van der Waals surface area contributed by atoms with Crippen LogP contribution in [0, 0.1) is 5.92 Å². The molecule has 2 heterocycles. The number of nitrogens with zero attached hydrogens (tertiary/aromatic N) is 1. The number of hydrogen-bond donors (Lipinski definition) is 1. The maximum Gasteiger partial charge on any atom is 0.407 e. The molecule has 3 aliphatic rings. The Balaban J connectivity index is 1.59. The summed E-state index contributed by atoms with van der Waals surface area (Å²) in [7, 11) is 0. The van der Waals surface area contributed by atoms with Crippen molar-refractivity contribution < 1.29 is 9.53 Å². The normalized spacial score (nSPS) is 34.0. The minimum absolute atomic E-state index is 0.0775. The van der Waals surface area contributed by atoms with Gasteiger partial charge in [0.25, 0.3) is 0 Å². The average molecular weight is 266 g/mol. The minimum atomic E-state index is -0.197. The van der Waals surface area contributed by atoms with Gasteiger partial charge in [-0.3, -0.25) is 4.90 Å². The van der Waals surface area contributed by atoms with Crippen LogP contribution >= 0.6 is 0 Å². The van der Waals surface area contributed by atoms with E-state index >= 15 is 0 Å². The molecule has 1 aliphatic carbocycles. The fourth-order valence-corrected chi connectivity index (χ4v) is 3.94. The number of carbonyl (C=O) groups excluding carboxylic acids is 1. The number of rotatable bonds is 3. The van der Waals surface area contributed by atoms with Crippen LogP contribution < -0.4 is 5.32 Å². The average Bonchev–Trinajstić information content (AvgIpc) is 2.82. The summed E-state index contributed by atoms with van der Waals surface area (Å²) in [4.78, 5) is 14.1. The van der Waals surface area contributed by atoms with Crippen molar-refractivity contribution >= 4 is 6.09 Å². The highest BCUT2D eigenvalue weighted by Gasteiger charge is 2.40. The van der Waals surface area contributed by atoms with Crippen molar-refractivity contribution in [1.29, 1.82) is 0 Å². The Morgan fingerprint density at radius 1 is 1.05 bits per heavy atom. The molecule has 1 N–H and O–H groups in total. The number of likely N-dealkylation sites (tertiary alicyclic amines) is 1. The van der Waals surface area contributed by atoms with E-state index in [4.69, 9.17) is 4.74 Å². The number of hydrogen-bond acceptors (Lipinski definition) is 3. The number of piperidine rings is 1. The Kier molecular flexibility index (Phi) is 4.26. The van der Waals surface area contributed by atoms with Gasteiger partial charge in [-0.15, -0.1) is 0 Å². The molecule has 3 fully saturated rings. The number of alkyl carbamates (subject to hydrolysis) is 1. The second kappa shape index (κ2) is 6.12. The van der Waals surface area contributed by atoms with Crippen LogP contribution in [0.4, 0.5) is 4.79 Å². The van der Waals surface area contributed by atoms with E-state index in [1.54, 1.807) is 0 Å². The summed E-state index contributed by atoms with van der Waals surface area (Å²) in [6.07, 6.45) is 10.3. The van der Waals surface area contributed by atoms with Crippen molar-refractivity contribution in [3.63, 3.8) is 0 Å². The van der Waals surface area contributed by atoms with Crippen LogP contribution in [0.25, 0.3) is 0 Å². The van der Waals surface area contributed by atoms with E-state index < -0.39 is 0 Å². The fourth-order valence-electron chi connectivity index (χ4n) is 3.94. The molecule has 0 aromatic rings. The van der Waals surface area contributed by atoms with E-state index in [0.29, 0.717) is 5.92 Å². The molecule has 2 saturated heterocycles. The predicted molar refractivity (Wildman–Crippen MR) is 74.1 cm³/mol. The molecule has 2 atom stereocenters. The van der Waals surface area contributed by atoms with Gasteiger partial charge in [0.15, 0.2) is 0 Å². The number of nitrogens with one attached hydrogen (secondary N) is 1. The van der Waals surface area contributed by atoms with Crippen molar-refractivity contribution in [2.75, 3.05) is 19.6 Å². The Labute approximate surface area is 115 Å². The Bertz CT molecular complexity index is 309. The van der Waals surface area contributed by atoms with Crippen LogP contribution in [0.1, 0.15) is 51.4 Å². The molecule has 108 valence electrons. The Morgan fingerprint density at radius 3 is 2.47 bits per heavy atom. The first kappa shape index (κ1) is 13.2. The molecule has 4 heteroatoms. The third kappa shape index (κ3) is 3.22. The maximum absolute atomic E-state index is 11.6. The SMILES string of the molecule is O=C1N[C@@H](C2CCCCC2)[C@H](CN2CCCCC2)O1. The standard InChI is InChI=1S/C15H26N2O2/c18-15-16-14(12-7-3-1-4-8-12)13(19-15)11-17-9-5-2-6-10-17/h12-14H,1-11H2,(H,16,18)/t13-,14-/m0/s1. The zero-order valence-corrected chi connectivity index (χ0v) is 11.8. The van der Waals surface area contributed by atoms with Crippen LogP contribution in [0.15, 0.2) is 0 Å². The zero-order valence-electron chi connectivity index (χ0n) is 11.8. The molecule has 0 spiro atoms. The summed E-state index contributed by atoms with van der Waals surface area (Å²) in [5.74, 6) is 0.634. The summed E-state index contributed by atoms with van der Waals surface area (Å²) in [6.45, 7) is 3.27. The lowest BCUT2D eigenvalue weighted by Crippen LogP contribution is -2.46. The van der Waals surface area contributed by atoms with Crippen LogP contribution in [-0.2, 0) is 4.74 Å². The van der Waals surface area contributed by atoms with Gasteiger partial charge >= 0.3 is 6.09 Å².